The summed E-state index contributed by atoms with van der Waals surface area (Å²) in [5.41, 5.74) is 5.05. The number of benzene rings is 1. The Hall–Kier alpha value is -0.300. The number of rotatable bonds is 20. The van der Waals surface area contributed by atoms with Gasteiger partial charge >= 0.3 is 0 Å². The molecule has 0 amide bonds. The number of nitrogen functional groups attached to an aromatic ring is 1. The van der Waals surface area contributed by atoms with Crippen molar-refractivity contribution in [2.45, 2.75) is 90.9 Å². The number of hydrogen-bond acceptors (Lipinski definition) is 7. The fourth-order valence-corrected chi connectivity index (χ4v) is 7.08. The van der Waals surface area contributed by atoms with Crippen LogP contribution in [0.25, 0.3) is 0 Å². The smallest absolute Gasteiger partial charge is 0.249 e. The summed E-state index contributed by atoms with van der Waals surface area (Å²) in [6.45, 7) is 5.79. The molecule has 0 aliphatic heterocycles. The quantitative estimate of drug-likeness (QED) is 0.0487. The summed E-state index contributed by atoms with van der Waals surface area (Å²) in [6, 6.07) is 7.58. The molecule has 0 aromatic heterocycles. The molecule has 0 heterocycles. The van der Waals surface area contributed by atoms with E-state index in [1.54, 1.807) is 5.01 Å². The first-order chi connectivity index (χ1) is 15.0. The van der Waals surface area contributed by atoms with Crippen molar-refractivity contribution in [1.82, 2.24) is 0 Å². The third kappa shape index (κ3) is 13.8. The maximum absolute atomic E-state index is 6.24. The van der Waals surface area contributed by atoms with Gasteiger partial charge in [-0.25, -0.2) is 5.84 Å². The molecule has 180 valence electrons. The molecule has 0 saturated heterocycles. The highest BCUT2D eigenvalue weighted by molar-refractivity contribution is 8.67. The SMILES string of the molecule is CCCCCCCCOP(=S)(OCCCCCCCC)SCN(N)c1ccccc1N. The van der Waals surface area contributed by atoms with E-state index >= 15 is 0 Å². The second kappa shape index (κ2) is 18.2. The Labute approximate surface area is 199 Å². The van der Waals surface area contributed by atoms with E-state index in [0.29, 0.717) is 24.8 Å². The Bertz CT molecular complexity index is 600. The van der Waals surface area contributed by atoms with Crippen LogP contribution in [-0.2, 0) is 20.9 Å². The minimum Gasteiger partial charge on any atom is -0.397 e. The van der Waals surface area contributed by atoms with Crippen LogP contribution < -0.4 is 16.6 Å². The predicted octanol–water partition coefficient (Wildman–Crippen LogP) is 7.62. The van der Waals surface area contributed by atoms with Crippen molar-refractivity contribution in [2.24, 2.45) is 5.84 Å². The molecule has 0 aliphatic rings. The summed E-state index contributed by atoms with van der Waals surface area (Å²) in [7, 11) is 0. The second-order valence-corrected chi connectivity index (χ2v) is 14.2. The summed E-state index contributed by atoms with van der Waals surface area (Å²) < 4.78 is 12.3. The van der Waals surface area contributed by atoms with E-state index in [4.69, 9.17) is 32.4 Å². The lowest BCUT2D eigenvalue weighted by atomic mass is 10.1. The summed E-state index contributed by atoms with van der Waals surface area (Å²) in [6.07, 6.45) is 14.7. The van der Waals surface area contributed by atoms with E-state index < -0.39 is 5.69 Å². The zero-order chi connectivity index (χ0) is 22.8. The standard InChI is InChI=1S/C23H44N3O2PS2/c1-3-5-7-9-11-15-19-27-29(30,28-20-16-12-10-8-6-4-2)31-21-26(25)23-18-14-13-17-22(23)24/h13-14,17-18H,3-12,15-16,19-21,24-25H2,1-2H3. The lowest BCUT2D eigenvalue weighted by Crippen LogP contribution is -2.31. The van der Waals surface area contributed by atoms with E-state index in [-0.39, 0.29) is 0 Å². The van der Waals surface area contributed by atoms with Crippen LogP contribution in [0.15, 0.2) is 24.3 Å². The molecule has 8 heteroatoms. The van der Waals surface area contributed by atoms with Crippen LogP contribution in [-0.4, -0.2) is 19.1 Å². The van der Waals surface area contributed by atoms with E-state index in [1.807, 2.05) is 24.3 Å². The van der Waals surface area contributed by atoms with Crippen molar-refractivity contribution >= 4 is 40.3 Å². The third-order valence-electron chi connectivity index (χ3n) is 5.10. The van der Waals surface area contributed by atoms with E-state index in [1.165, 1.54) is 75.6 Å². The molecule has 0 spiro atoms. The molecule has 4 N–H and O–H groups in total. The predicted molar refractivity (Wildman–Crippen MR) is 143 cm³/mol. The maximum Gasteiger partial charge on any atom is 0.249 e. The largest absolute Gasteiger partial charge is 0.397 e. The highest BCUT2D eigenvalue weighted by atomic mass is 32.9. The highest BCUT2D eigenvalue weighted by Gasteiger charge is 2.22. The average molecular weight is 490 g/mol. The first-order valence-electron chi connectivity index (χ1n) is 11.9. The van der Waals surface area contributed by atoms with Gasteiger partial charge in [-0.3, -0.25) is 5.01 Å². The minimum atomic E-state index is -2.44. The van der Waals surface area contributed by atoms with Crippen LogP contribution in [0.2, 0.25) is 0 Å². The summed E-state index contributed by atoms with van der Waals surface area (Å²) in [4.78, 5) is 0. The molecule has 0 radical (unpaired) electrons. The molecule has 5 nitrogen and oxygen atoms in total. The molecule has 0 saturated carbocycles. The Balaban J connectivity index is 2.47. The first-order valence-corrected chi connectivity index (χ1v) is 16.2. The number of anilines is 2. The van der Waals surface area contributed by atoms with Gasteiger partial charge in [-0.05, 0) is 48.2 Å². The molecule has 0 unspecified atom stereocenters. The monoisotopic (exact) mass is 489 g/mol. The summed E-state index contributed by atoms with van der Waals surface area (Å²) in [5.74, 6) is 6.73. The normalized spacial score (nSPS) is 11.7. The van der Waals surface area contributed by atoms with Crippen LogP contribution in [0.1, 0.15) is 90.9 Å². The van der Waals surface area contributed by atoms with Crippen LogP contribution in [0.3, 0.4) is 0 Å². The fraction of sp³-hybridized carbons (Fsp3) is 0.739. The van der Waals surface area contributed by atoms with Crippen molar-refractivity contribution in [1.29, 1.82) is 0 Å². The highest BCUT2D eigenvalue weighted by Crippen LogP contribution is 2.61. The van der Waals surface area contributed by atoms with Gasteiger partial charge in [-0.2, -0.15) is 0 Å². The molecule has 0 atom stereocenters. The van der Waals surface area contributed by atoms with Crippen LogP contribution >= 0.6 is 17.1 Å². The first kappa shape index (κ1) is 28.7. The molecular weight excluding hydrogens is 445 g/mol. The van der Waals surface area contributed by atoms with Gasteiger partial charge in [0, 0.05) is 0 Å². The van der Waals surface area contributed by atoms with Gasteiger partial charge in [0.25, 0.3) is 0 Å². The van der Waals surface area contributed by atoms with Gasteiger partial charge < -0.3 is 14.8 Å². The number of hydrazine groups is 1. The van der Waals surface area contributed by atoms with Crippen LogP contribution in [0.4, 0.5) is 11.4 Å². The molecule has 0 fully saturated rings. The number of nitrogens with zero attached hydrogens (tertiary/aromatic N) is 1. The Morgan fingerprint density at radius 1 is 0.839 bits per heavy atom. The lowest BCUT2D eigenvalue weighted by molar-refractivity contribution is 0.249. The summed E-state index contributed by atoms with van der Waals surface area (Å²) >= 11 is 7.36. The number of unbranched alkanes of at least 4 members (excludes halogenated alkanes) is 10. The van der Waals surface area contributed by atoms with Crippen LogP contribution in [0.5, 0.6) is 0 Å². The summed E-state index contributed by atoms with van der Waals surface area (Å²) in [5, 5.41) is 1.63. The van der Waals surface area contributed by atoms with Crippen molar-refractivity contribution in [2.75, 3.05) is 29.8 Å². The van der Waals surface area contributed by atoms with Gasteiger partial charge in [0.2, 0.25) is 5.69 Å². The average Bonchev–Trinajstić information content (AvgIpc) is 2.77. The maximum atomic E-state index is 6.24. The van der Waals surface area contributed by atoms with Gasteiger partial charge in [-0.15, -0.1) is 0 Å². The van der Waals surface area contributed by atoms with Crippen molar-refractivity contribution in [3.05, 3.63) is 24.3 Å². The van der Waals surface area contributed by atoms with Gasteiger partial charge in [0.1, 0.15) is 0 Å². The fourth-order valence-electron chi connectivity index (χ4n) is 3.18. The Morgan fingerprint density at radius 2 is 1.32 bits per heavy atom. The number of nitrogens with two attached hydrogens (primary N) is 2. The van der Waals surface area contributed by atoms with Gasteiger partial charge in [0.05, 0.1) is 30.5 Å². The molecule has 0 aliphatic carbocycles. The molecule has 0 bridgehead atoms. The van der Waals surface area contributed by atoms with Crippen molar-refractivity contribution < 1.29 is 9.05 Å². The zero-order valence-corrected chi connectivity index (χ0v) is 22.1. The van der Waals surface area contributed by atoms with Crippen LogP contribution in [0, 0.1) is 0 Å². The minimum absolute atomic E-state index is 0.485. The lowest BCUT2D eigenvalue weighted by Gasteiger charge is -2.25. The molecule has 31 heavy (non-hydrogen) atoms. The Morgan fingerprint density at radius 3 is 1.84 bits per heavy atom. The van der Waals surface area contributed by atoms with E-state index in [9.17, 15) is 0 Å². The molecule has 1 aromatic rings. The van der Waals surface area contributed by atoms with Gasteiger partial charge in [0.15, 0.2) is 0 Å². The number of hydrogen-bond donors (Lipinski definition) is 2. The zero-order valence-electron chi connectivity index (χ0n) is 19.6. The Kier molecular flexibility index (Phi) is 16.8. The second-order valence-electron chi connectivity index (χ2n) is 7.94. The van der Waals surface area contributed by atoms with Crippen molar-refractivity contribution in [3.63, 3.8) is 0 Å². The van der Waals surface area contributed by atoms with Gasteiger partial charge in [-0.1, -0.05) is 90.2 Å². The third-order valence-corrected chi connectivity index (χ3v) is 10.3. The van der Waals surface area contributed by atoms with E-state index in [0.717, 1.165) is 18.5 Å². The molecular formula is C23H44N3O2PS2. The topological polar surface area (TPSA) is 73.7 Å². The van der Waals surface area contributed by atoms with E-state index in [2.05, 4.69) is 13.8 Å². The molecule has 1 aromatic carbocycles. The number of para-hydroxylation sites is 2. The van der Waals surface area contributed by atoms with Crippen molar-refractivity contribution in [3.8, 4) is 0 Å². The molecule has 1 rings (SSSR count).